The lowest BCUT2D eigenvalue weighted by molar-refractivity contribution is -0.118. The third kappa shape index (κ3) is 5.53. The number of aromatic nitrogens is 1. The summed E-state index contributed by atoms with van der Waals surface area (Å²) < 4.78 is 7.99. The average molecular weight is 516 g/mol. The molecule has 0 unspecified atom stereocenters. The second-order valence-electron chi connectivity index (χ2n) is 10.2. The Labute approximate surface area is 224 Å². The molecule has 1 N–H and O–H groups in total. The maximum Gasteiger partial charge on any atom is 0.226 e. The molecular weight excluding hydrogens is 482 g/mol. The van der Waals surface area contributed by atoms with E-state index in [1.807, 2.05) is 50.2 Å². The Balaban J connectivity index is 1.35. The molecular formula is C31H34ClN3O2. The van der Waals surface area contributed by atoms with Gasteiger partial charge >= 0.3 is 0 Å². The molecule has 4 aromatic rings. The fourth-order valence-electron chi connectivity index (χ4n) is 5.26. The smallest absolute Gasteiger partial charge is 0.226 e. The molecule has 0 saturated carbocycles. The molecule has 5 nitrogen and oxygen atoms in total. The van der Waals surface area contributed by atoms with Crippen LogP contribution in [-0.2, 0) is 11.3 Å². The van der Waals surface area contributed by atoms with Crippen molar-refractivity contribution in [3.8, 4) is 11.4 Å². The first-order chi connectivity index (χ1) is 17.9. The number of ether oxygens (including phenoxy) is 1. The third-order valence-electron chi connectivity index (χ3n) is 7.29. The SMILES string of the molecule is COc1ccccc1-n1c(CN2CCC(c3cccc(NC(=O)C(C)C)c3)CC2)cc2ccc(Cl)cc21. The van der Waals surface area contributed by atoms with Crippen LogP contribution in [0.3, 0.4) is 0 Å². The number of rotatable bonds is 7. The van der Waals surface area contributed by atoms with E-state index in [1.54, 1.807) is 7.11 Å². The number of carbonyl (C=O) groups is 1. The van der Waals surface area contributed by atoms with Crippen LogP contribution >= 0.6 is 11.6 Å². The summed E-state index contributed by atoms with van der Waals surface area (Å²) in [5.74, 6) is 1.35. The fourth-order valence-corrected chi connectivity index (χ4v) is 5.42. The van der Waals surface area contributed by atoms with Crippen molar-refractivity contribution in [1.29, 1.82) is 0 Å². The Morgan fingerprint density at radius 2 is 1.81 bits per heavy atom. The van der Waals surface area contributed by atoms with Gasteiger partial charge in [0.2, 0.25) is 5.91 Å². The van der Waals surface area contributed by atoms with Gasteiger partial charge in [-0.1, -0.05) is 55.8 Å². The van der Waals surface area contributed by atoms with Crippen LogP contribution < -0.4 is 10.1 Å². The number of benzene rings is 3. The maximum atomic E-state index is 12.1. The summed E-state index contributed by atoms with van der Waals surface area (Å²) in [5, 5.41) is 4.93. The van der Waals surface area contributed by atoms with Gasteiger partial charge in [-0.15, -0.1) is 0 Å². The molecule has 5 rings (SSSR count). The number of hydrogen-bond donors (Lipinski definition) is 1. The number of nitrogens with one attached hydrogen (secondary N) is 1. The number of likely N-dealkylation sites (tertiary alicyclic amines) is 1. The number of fused-ring (bicyclic) bond motifs is 1. The maximum absolute atomic E-state index is 12.1. The standard InChI is InChI=1S/C31H34ClN3O2/c1-21(2)31(36)33-26-8-6-7-23(17-26)22-13-15-34(16-14-22)20-27-18-24-11-12-25(32)19-29(24)35(27)28-9-4-5-10-30(28)37-3/h4-12,17-19,21-22H,13-16,20H2,1-3H3,(H,33,36). The molecule has 1 amide bonds. The summed E-state index contributed by atoms with van der Waals surface area (Å²) in [7, 11) is 1.71. The van der Waals surface area contributed by atoms with Crippen molar-refractivity contribution in [3.63, 3.8) is 0 Å². The normalized spacial score (nSPS) is 14.8. The quantitative estimate of drug-likeness (QED) is 0.281. The highest BCUT2D eigenvalue weighted by atomic mass is 35.5. The molecule has 1 aromatic heterocycles. The van der Waals surface area contributed by atoms with Crippen LogP contribution in [0, 0.1) is 5.92 Å². The molecule has 0 bridgehead atoms. The number of anilines is 1. The van der Waals surface area contributed by atoms with Gasteiger partial charge in [-0.2, -0.15) is 0 Å². The summed E-state index contributed by atoms with van der Waals surface area (Å²) >= 11 is 6.40. The lowest BCUT2D eigenvalue weighted by atomic mass is 9.89. The highest BCUT2D eigenvalue weighted by Crippen LogP contribution is 2.34. The summed E-state index contributed by atoms with van der Waals surface area (Å²) in [6.45, 7) is 6.71. The van der Waals surface area contributed by atoms with Gasteiger partial charge in [0.25, 0.3) is 0 Å². The van der Waals surface area contributed by atoms with Crippen molar-refractivity contribution in [1.82, 2.24) is 9.47 Å². The van der Waals surface area contributed by atoms with E-state index in [2.05, 4.69) is 51.2 Å². The summed E-state index contributed by atoms with van der Waals surface area (Å²) in [6.07, 6.45) is 2.17. The summed E-state index contributed by atoms with van der Waals surface area (Å²) in [5.41, 5.74) is 5.52. The van der Waals surface area contributed by atoms with Crippen molar-refractivity contribution in [2.75, 3.05) is 25.5 Å². The Kier molecular flexibility index (Phi) is 7.54. The minimum Gasteiger partial charge on any atom is -0.495 e. The largest absolute Gasteiger partial charge is 0.495 e. The predicted octanol–water partition coefficient (Wildman–Crippen LogP) is 7.27. The van der Waals surface area contributed by atoms with Gasteiger partial charge in [-0.3, -0.25) is 9.69 Å². The summed E-state index contributed by atoms with van der Waals surface area (Å²) in [6, 6.07) is 24.8. The number of carbonyl (C=O) groups excluding carboxylic acids is 1. The topological polar surface area (TPSA) is 46.5 Å². The molecule has 192 valence electrons. The van der Waals surface area contributed by atoms with Crippen LogP contribution in [0.25, 0.3) is 16.6 Å². The third-order valence-corrected chi connectivity index (χ3v) is 7.53. The highest BCUT2D eigenvalue weighted by Gasteiger charge is 2.23. The van der Waals surface area contributed by atoms with Crippen LogP contribution in [0.1, 0.15) is 43.9 Å². The molecule has 37 heavy (non-hydrogen) atoms. The van der Waals surface area contributed by atoms with Gasteiger partial charge in [-0.25, -0.2) is 0 Å². The van der Waals surface area contributed by atoms with Crippen LogP contribution in [0.5, 0.6) is 5.75 Å². The van der Waals surface area contributed by atoms with Crippen molar-refractivity contribution >= 4 is 34.1 Å². The molecule has 0 radical (unpaired) electrons. The Bertz CT molecular complexity index is 1400. The molecule has 0 atom stereocenters. The van der Waals surface area contributed by atoms with Gasteiger partial charge in [0, 0.05) is 34.3 Å². The van der Waals surface area contributed by atoms with Crippen LogP contribution in [0.15, 0.2) is 72.8 Å². The molecule has 1 aliphatic heterocycles. The van der Waals surface area contributed by atoms with Crippen LogP contribution in [0.4, 0.5) is 5.69 Å². The second kappa shape index (κ2) is 11.0. The molecule has 2 heterocycles. The number of para-hydroxylation sites is 2. The monoisotopic (exact) mass is 515 g/mol. The number of piperidine rings is 1. The molecule has 1 fully saturated rings. The van der Waals surface area contributed by atoms with E-state index in [-0.39, 0.29) is 11.8 Å². The van der Waals surface area contributed by atoms with Crippen molar-refractivity contribution in [2.45, 2.75) is 39.2 Å². The Morgan fingerprint density at radius 1 is 1.03 bits per heavy atom. The van der Waals surface area contributed by atoms with Crippen molar-refractivity contribution in [2.24, 2.45) is 5.92 Å². The zero-order valence-electron chi connectivity index (χ0n) is 21.7. The van der Waals surface area contributed by atoms with Gasteiger partial charge in [0.05, 0.1) is 18.3 Å². The van der Waals surface area contributed by atoms with Gasteiger partial charge < -0.3 is 14.6 Å². The van der Waals surface area contributed by atoms with E-state index in [9.17, 15) is 4.79 Å². The van der Waals surface area contributed by atoms with E-state index in [0.29, 0.717) is 5.92 Å². The van der Waals surface area contributed by atoms with Gasteiger partial charge in [-0.05, 0) is 79.9 Å². The van der Waals surface area contributed by atoms with E-state index >= 15 is 0 Å². The highest BCUT2D eigenvalue weighted by molar-refractivity contribution is 6.31. The first-order valence-electron chi connectivity index (χ1n) is 13.0. The number of nitrogens with zero attached hydrogens (tertiary/aromatic N) is 2. The van der Waals surface area contributed by atoms with Crippen molar-refractivity contribution in [3.05, 3.63) is 89.1 Å². The van der Waals surface area contributed by atoms with Crippen LogP contribution in [0.2, 0.25) is 5.02 Å². The second-order valence-corrected chi connectivity index (χ2v) is 10.6. The summed E-state index contributed by atoms with van der Waals surface area (Å²) in [4.78, 5) is 14.7. The van der Waals surface area contributed by atoms with Crippen LogP contribution in [-0.4, -0.2) is 35.6 Å². The Hall–Kier alpha value is -3.28. The molecule has 6 heteroatoms. The lowest BCUT2D eigenvalue weighted by Crippen LogP contribution is -2.33. The molecule has 0 aliphatic carbocycles. The average Bonchev–Trinajstić information content (AvgIpc) is 3.25. The molecule has 1 aliphatic rings. The lowest BCUT2D eigenvalue weighted by Gasteiger charge is -2.32. The molecule has 3 aromatic carbocycles. The number of methoxy groups -OCH3 is 1. The first-order valence-corrected chi connectivity index (χ1v) is 13.4. The van der Waals surface area contributed by atoms with E-state index in [0.717, 1.165) is 60.1 Å². The van der Waals surface area contributed by atoms with Gasteiger partial charge in [0.15, 0.2) is 0 Å². The Morgan fingerprint density at radius 3 is 2.57 bits per heavy atom. The number of amides is 1. The van der Waals surface area contributed by atoms with E-state index in [1.165, 1.54) is 16.6 Å². The fraction of sp³-hybridized carbons (Fsp3) is 0.323. The zero-order chi connectivity index (χ0) is 25.9. The number of hydrogen-bond acceptors (Lipinski definition) is 3. The minimum atomic E-state index is -0.0330. The van der Waals surface area contributed by atoms with E-state index < -0.39 is 0 Å². The molecule has 1 saturated heterocycles. The minimum absolute atomic E-state index is 0.0330. The zero-order valence-corrected chi connectivity index (χ0v) is 22.5. The van der Waals surface area contributed by atoms with Crippen molar-refractivity contribution < 1.29 is 9.53 Å². The first kappa shape index (κ1) is 25.4. The van der Waals surface area contributed by atoms with Gasteiger partial charge in [0.1, 0.15) is 5.75 Å². The number of halogens is 1. The predicted molar refractivity (Wildman–Crippen MR) is 152 cm³/mol. The molecule has 0 spiro atoms. The van der Waals surface area contributed by atoms with E-state index in [4.69, 9.17) is 16.3 Å².